The summed E-state index contributed by atoms with van der Waals surface area (Å²) in [7, 11) is 0. The molecule has 214 valence electrons. The molecule has 0 amide bonds. The van der Waals surface area contributed by atoms with Gasteiger partial charge in [0.25, 0.3) is 4.83 Å². The molecule has 0 saturated heterocycles. The molecule has 44 heavy (non-hydrogen) atoms. The van der Waals surface area contributed by atoms with E-state index in [0.717, 1.165) is 22.0 Å². The molecule has 0 N–H and O–H groups in total. The van der Waals surface area contributed by atoms with E-state index in [4.69, 9.17) is 9.40 Å². The summed E-state index contributed by atoms with van der Waals surface area (Å²) in [6.07, 6.45) is 4.50. The molecule has 0 radical (unpaired) electrons. The highest BCUT2D eigenvalue weighted by Gasteiger charge is 2.53. The molecule has 5 heteroatoms. The number of pyridine rings is 3. The van der Waals surface area contributed by atoms with E-state index in [-0.39, 0.29) is 18.0 Å². The van der Waals surface area contributed by atoms with E-state index in [0.29, 0.717) is 5.71 Å². The molecule has 0 saturated carbocycles. The molecule has 2 aromatic carbocycles. The first-order valence-corrected chi connectivity index (χ1v) is 16.2. The Labute approximate surface area is 260 Å². The summed E-state index contributed by atoms with van der Waals surface area (Å²) in [5.74, 6) is 0.113. The van der Waals surface area contributed by atoms with Gasteiger partial charge in [0.15, 0.2) is 23.9 Å². The van der Waals surface area contributed by atoms with Crippen LogP contribution in [-0.4, -0.2) is 4.98 Å². The van der Waals surface area contributed by atoms with Crippen LogP contribution >= 0.6 is 11.3 Å². The SMILES string of the molecule is C=CC1C(C2c3ccc4c(oc5nc(C)ccc54)c3-c3ccc4c(C)csc4[n+]32)c2cc(C)ccc2-c2cc(C)c(C)c[n+]21. The van der Waals surface area contributed by atoms with Crippen molar-refractivity contribution in [3.8, 4) is 22.5 Å². The number of fused-ring (bicyclic) bond motifs is 12. The van der Waals surface area contributed by atoms with E-state index >= 15 is 0 Å². The minimum atomic E-state index is 0.0415. The van der Waals surface area contributed by atoms with Gasteiger partial charge < -0.3 is 4.42 Å². The number of nitrogens with zero attached hydrogens (tertiary/aromatic N) is 3. The zero-order valence-corrected chi connectivity index (χ0v) is 26.4. The van der Waals surface area contributed by atoms with E-state index < -0.39 is 0 Å². The van der Waals surface area contributed by atoms with Crippen molar-refractivity contribution in [3.63, 3.8) is 0 Å². The van der Waals surface area contributed by atoms with Gasteiger partial charge in [-0.25, -0.2) is 4.98 Å². The molecule has 3 unspecified atom stereocenters. The molecule has 0 bridgehead atoms. The number of hydrogen-bond acceptors (Lipinski definition) is 3. The fourth-order valence-electron chi connectivity index (χ4n) is 7.90. The van der Waals surface area contributed by atoms with Crippen LogP contribution in [0.3, 0.4) is 0 Å². The van der Waals surface area contributed by atoms with Crippen LogP contribution in [0.2, 0.25) is 0 Å². The van der Waals surface area contributed by atoms with Gasteiger partial charge in [-0.1, -0.05) is 41.7 Å². The third kappa shape index (κ3) is 3.31. The Morgan fingerprint density at radius 2 is 1.64 bits per heavy atom. The van der Waals surface area contributed by atoms with Gasteiger partial charge in [0.05, 0.1) is 16.5 Å². The Hall–Kier alpha value is -4.61. The van der Waals surface area contributed by atoms with Crippen LogP contribution in [0, 0.1) is 34.6 Å². The summed E-state index contributed by atoms with van der Waals surface area (Å²) in [5.41, 5.74) is 15.4. The maximum Gasteiger partial charge on any atom is 0.270 e. The number of allylic oxidation sites excluding steroid dienone is 1. The molecule has 7 aromatic rings. The Balaban J connectivity index is 1.41. The van der Waals surface area contributed by atoms with E-state index in [2.05, 4.69) is 122 Å². The number of furan rings is 1. The van der Waals surface area contributed by atoms with Crippen LogP contribution in [0.5, 0.6) is 0 Å². The fraction of sp³-hybridized carbons (Fsp3) is 0.205. The highest BCUT2D eigenvalue weighted by molar-refractivity contribution is 7.16. The molecular weight excluding hydrogens is 559 g/mol. The summed E-state index contributed by atoms with van der Waals surface area (Å²) >= 11 is 1.84. The number of aryl methyl sites for hydroxylation is 5. The van der Waals surface area contributed by atoms with Gasteiger partial charge in [0.2, 0.25) is 17.1 Å². The third-order valence-corrected chi connectivity index (χ3v) is 11.2. The van der Waals surface area contributed by atoms with Crippen LogP contribution in [0.25, 0.3) is 54.8 Å². The van der Waals surface area contributed by atoms with Crippen LogP contribution in [0.4, 0.5) is 0 Å². The molecule has 0 spiro atoms. The van der Waals surface area contributed by atoms with Gasteiger partial charge in [-0.2, -0.15) is 9.13 Å². The zero-order valence-electron chi connectivity index (χ0n) is 25.6. The van der Waals surface area contributed by atoms with Crippen molar-refractivity contribution in [2.24, 2.45) is 0 Å². The second-order valence-corrected chi connectivity index (χ2v) is 13.6. The lowest BCUT2D eigenvalue weighted by Crippen LogP contribution is -2.52. The molecule has 7 heterocycles. The molecule has 0 aliphatic carbocycles. The number of benzene rings is 2. The average molecular weight is 592 g/mol. The molecule has 2 aliphatic rings. The Morgan fingerprint density at radius 1 is 0.818 bits per heavy atom. The normalized spacial score (nSPS) is 18.4. The molecular formula is C39H33N3OS+2. The van der Waals surface area contributed by atoms with Crippen LogP contribution in [0.1, 0.15) is 57.1 Å². The third-order valence-electron chi connectivity index (χ3n) is 10.1. The van der Waals surface area contributed by atoms with E-state index in [1.165, 1.54) is 66.1 Å². The summed E-state index contributed by atoms with van der Waals surface area (Å²) in [4.78, 5) is 6.07. The van der Waals surface area contributed by atoms with Gasteiger partial charge in [0, 0.05) is 45.1 Å². The first kappa shape index (κ1) is 25.8. The van der Waals surface area contributed by atoms with E-state index in [1.807, 2.05) is 18.3 Å². The summed E-state index contributed by atoms with van der Waals surface area (Å²) in [6.45, 7) is 15.3. The van der Waals surface area contributed by atoms with Crippen molar-refractivity contribution in [2.45, 2.75) is 52.6 Å². The summed E-state index contributed by atoms with van der Waals surface area (Å²) in [5, 5.41) is 5.78. The molecule has 4 nitrogen and oxygen atoms in total. The smallest absolute Gasteiger partial charge is 0.270 e. The van der Waals surface area contributed by atoms with Crippen molar-refractivity contribution in [3.05, 3.63) is 124 Å². The summed E-state index contributed by atoms with van der Waals surface area (Å²) < 4.78 is 11.8. The van der Waals surface area contributed by atoms with Crippen LogP contribution in [0.15, 0.2) is 89.3 Å². The largest absolute Gasteiger partial charge is 0.437 e. The topological polar surface area (TPSA) is 33.8 Å². The van der Waals surface area contributed by atoms with Crippen molar-refractivity contribution < 1.29 is 13.6 Å². The standard InChI is InChI=1S/C39H33N3OS/c1-7-31-34(30-16-20(2)8-10-26(30)33-17-21(3)22(4)18-41(31)33)36-29-13-12-27-28-11-9-24(6)40-38(28)43-37(27)35(29)32-15-14-25-23(5)19-44-39(25)42(32)36/h7-19,31,34,36H,1H2,2-6H3/q+2. The fourth-order valence-corrected chi connectivity index (χ4v) is 8.99. The van der Waals surface area contributed by atoms with Gasteiger partial charge in [-0.15, -0.1) is 0 Å². The van der Waals surface area contributed by atoms with Crippen molar-refractivity contribution >= 4 is 43.6 Å². The predicted octanol–water partition coefficient (Wildman–Crippen LogP) is 9.07. The first-order valence-electron chi connectivity index (χ1n) is 15.4. The lowest BCUT2D eigenvalue weighted by molar-refractivity contribution is -0.730. The molecule has 9 rings (SSSR count). The van der Waals surface area contributed by atoms with Crippen molar-refractivity contribution in [2.75, 3.05) is 0 Å². The average Bonchev–Trinajstić information content (AvgIpc) is 3.67. The van der Waals surface area contributed by atoms with E-state index in [9.17, 15) is 0 Å². The molecule has 0 fully saturated rings. The van der Waals surface area contributed by atoms with Crippen LogP contribution < -0.4 is 9.13 Å². The second-order valence-electron chi connectivity index (χ2n) is 12.8. The highest BCUT2D eigenvalue weighted by Crippen LogP contribution is 2.53. The lowest BCUT2D eigenvalue weighted by Gasteiger charge is -2.31. The van der Waals surface area contributed by atoms with Gasteiger partial charge in [0.1, 0.15) is 5.92 Å². The van der Waals surface area contributed by atoms with Gasteiger partial charge in [-0.05, 0) is 87.7 Å². The monoisotopic (exact) mass is 591 g/mol. The van der Waals surface area contributed by atoms with Crippen molar-refractivity contribution in [1.82, 2.24) is 4.98 Å². The molecule has 3 atom stereocenters. The predicted molar refractivity (Wildman–Crippen MR) is 178 cm³/mol. The Bertz CT molecular complexity index is 2390. The number of hydrogen-bond donors (Lipinski definition) is 0. The van der Waals surface area contributed by atoms with Crippen molar-refractivity contribution in [1.29, 1.82) is 0 Å². The van der Waals surface area contributed by atoms with Gasteiger partial charge >= 0.3 is 0 Å². The minimum Gasteiger partial charge on any atom is -0.437 e. The maximum absolute atomic E-state index is 6.67. The number of thiophene rings is 1. The lowest BCUT2D eigenvalue weighted by atomic mass is 9.75. The Kier molecular flexibility index (Phi) is 5.26. The summed E-state index contributed by atoms with van der Waals surface area (Å²) in [6, 6.07) is 22.9. The zero-order chi connectivity index (χ0) is 30.0. The van der Waals surface area contributed by atoms with Crippen LogP contribution in [-0.2, 0) is 0 Å². The maximum atomic E-state index is 6.67. The second kappa shape index (κ2) is 8.96. The Morgan fingerprint density at radius 3 is 2.48 bits per heavy atom. The first-order chi connectivity index (χ1) is 21.3. The van der Waals surface area contributed by atoms with Gasteiger partial charge in [-0.3, -0.25) is 0 Å². The number of rotatable bonds is 2. The molecule has 2 aliphatic heterocycles. The molecule has 5 aromatic heterocycles. The highest BCUT2D eigenvalue weighted by atomic mass is 32.1. The van der Waals surface area contributed by atoms with E-state index in [1.54, 1.807) is 0 Å². The minimum absolute atomic E-state index is 0.0415. The quantitative estimate of drug-likeness (QED) is 0.148. The number of aromatic nitrogens is 3.